The SMILES string of the molecule is O=C(O)c1nnsc1NC(=O)N1C[C@@H]2Cc3cccc(=O)n3[C@H](C2)C1. The second-order valence-corrected chi connectivity index (χ2v) is 7.03. The summed E-state index contributed by atoms with van der Waals surface area (Å²) < 4.78 is 5.34. The first kappa shape index (κ1) is 15.8. The number of amides is 2. The Morgan fingerprint density at radius 3 is 2.96 bits per heavy atom. The van der Waals surface area contributed by atoms with E-state index in [0.29, 0.717) is 13.1 Å². The number of nitrogens with one attached hydrogen (secondary N) is 1. The van der Waals surface area contributed by atoms with Gasteiger partial charge in [-0.05, 0) is 24.8 Å². The van der Waals surface area contributed by atoms with Crippen molar-refractivity contribution in [3.63, 3.8) is 0 Å². The van der Waals surface area contributed by atoms with Crippen LogP contribution in [0.3, 0.4) is 0 Å². The van der Waals surface area contributed by atoms with Gasteiger partial charge in [0.15, 0.2) is 5.00 Å². The zero-order chi connectivity index (χ0) is 17.6. The Bertz CT molecular complexity index is 907. The highest BCUT2D eigenvalue weighted by atomic mass is 32.1. The minimum absolute atomic E-state index is 0.0528. The van der Waals surface area contributed by atoms with E-state index in [1.54, 1.807) is 15.5 Å². The minimum atomic E-state index is -1.24. The van der Waals surface area contributed by atoms with E-state index in [-0.39, 0.29) is 28.2 Å². The number of piperidine rings is 1. The van der Waals surface area contributed by atoms with E-state index >= 15 is 0 Å². The molecular formula is C15H15N5O4S. The molecule has 2 aromatic rings. The summed E-state index contributed by atoms with van der Waals surface area (Å²) in [5.41, 5.74) is 0.689. The molecular weight excluding hydrogens is 346 g/mol. The van der Waals surface area contributed by atoms with Gasteiger partial charge in [-0.1, -0.05) is 10.6 Å². The van der Waals surface area contributed by atoms with Crippen LogP contribution >= 0.6 is 11.5 Å². The standard InChI is InChI=1S/C15H15N5O4S/c21-11-3-1-2-9-4-8-5-10(20(9)11)7-19(6-8)15(24)16-13-12(14(22)23)17-18-25-13/h1-3,8,10H,4-7H2,(H,16,24)(H,22,23)/t8-,10-/m1/s1. The summed E-state index contributed by atoms with van der Waals surface area (Å²) in [6.45, 7) is 0.980. The molecule has 2 aliphatic rings. The highest BCUT2D eigenvalue weighted by Gasteiger charge is 2.36. The number of carbonyl (C=O) groups is 2. The van der Waals surface area contributed by atoms with Gasteiger partial charge in [0.05, 0.1) is 6.04 Å². The fraction of sp³-hybridized carbons (Fsp3) is 0.400. The Morgan fingerprint density at radius 1 is 1.32 bits per heavy atom. The Labute approximate surface area is 146 Å². The predicted octanol–water partition coefficient (Wildman–Crippen LogP) is 1.05. The number of carboxylic acids is 1. The van der Waals surface area contributed by atoms with Crippen LogP contribution in [0.5, 0.6) is 0 Å². The van der Waals surface area contributed by atoms with Gasteiger partial charge in [-0.2, -0.15) is 0 Å². The number of anilines is 1. The zero-order valence-corrected chi connectivity index (χ0v) is 13.9. The van der Waals surface area contributed by atoms with Crippen molar-refractivity contribution >= 4 is 28.5 Å². The maximum absolute atomic E-state index is 12.6. The molecule has 0 aliphatic carbocycles. The smallest absolute Gasteiger partial charge is 0.359 e. The van der Waals surface area contributed by atoms with E-state index in [0.717, 1.165) is 30.1 Å². The second-order valence-electron chi connectivity index (χ2n) is 6.28. The Balaban J connectivity index is 1.55. The highest BCUT2D eigenvalue weighted by molar-refractivity contribution is 7.10. The number of carbonyl (C=O) groups excluding carboxylic acids is 1. The molecule has 2 amide bonds. The number of nitrogens with zero attached hydrogens (tertiary/aromatic N) is 4. The van der Waals surface area contributed by atoms with Crippen LogP contribution in [0.15, 0.2) is 23.0 Å². The third-order valence-corrected chi connectivity index (χ3v) is 5.29. The summed E-state index contributed by atoms with van der Waals surface area (Å²) in [5.74, 6) is -0.954. The lowest BCUT2D eigenvalue weighted by atomic mass is 9.86. The largest absolute Gasteiger partial charge is 0.476 e. The number of fused-ring (bicyclic) bond motifs is 4. The molecule has 9 nitrogen and oxygen atoms in total. The topological polar surface area (TPSA) is 117 Å². The summed E-state index contributed by atoms with van der Waals surface area (Å²) in [4.78, 5) is 37.4. The van der Waals surface area contributed by atoms with Gasteiger partial charge in [0.1, 0.15) is 0 Å². The lowest BCUT2D eigenvalue weighted by Crippen LogP contribution is -2.51. The molecule has 130 valence electrons. The van der Waals surface area contributed by atoms with E-state index in [2.05, 4.69) is 14.9 Å². The van der Waals surface area contributed by atoms with E-state index < -0.39 is 12.0 Å². The van der Waals surface area contributed by atoms with Gasteiger partial charge in [-0.25, -0.2) is 9.59 Å². The average Bonchev–Trinajstić information content (AvgIpc) is 3.02. The van der Waals surface area contributed by atoms with Crippen molar-refractivity contribution in [2.75, 3.05) is 18.4 Å². The number of hydrogen-bond donors (Lipinski definition) is 2. The first-order valence-corrected chi connectivity index (χ1v) is 8.62. The van der Waals surface area contributed by atoms with Crippen molar-refractivity contribution in [1.82, 2.24) is 19.1 Å². The molecule has 4 heterocycles. The first-order chi connectivity index (χ1) is 12.0. The molecule has 2 N–H and O–H groups in total. The van der Waals surface area contributed by atoms with Gasteiger partial charge >= 0.3 is 12.0 Å². The normalized spacial score (nSPS) is 21.5. The van der Waals surface area contributed by atoms with E-state index in [9.17, 15) is 14.4 Å². The van der Waals surface area contributed by atoms with Crippen LogP contribution in [0.25, 0.3) is 0 Å². The van der Waals surface area contributed by atoms with Crippen LogP contribution < -0.4 is 10.9 Å². The van der Waals surface area contributed by atoms with Gasteiger partial charge in [0.2, 0.25) is 5.69 Å². The molecule has 2 atom stereocenters. The van der Waals surface area contributed by atoms with E-state index in [1.165, 1.54) is 6.07 Å². The first-order valence-electron chi connectivity index (χ1n) is 7.85. The molecule has 0 unspecified atom stereocenters. The zero-order valence-electron chi connectivity index (χ0n) is 13.1. The quantitative estimate of drug-likeness (QED) is 0.825. The van der Waals surface area contributed by atoms with Crippen molar-refractivity contribution in [3.8, 4) is 0 Å². The lowest BCUT2D eigenvalue weighted by Gasteiger charge is -2.42. The monoisotopic (exact) mass is 361 g/mol. The van der Waals surface area contributed by atoms with E-state index in [4.69, 9.17) is 5.11 Å². The number of carboxylic acid groups (broad SMARTS) is 1. The van der Waals surface area contributed by atoms with Gasteiger partial charge < -0.3 is 14.6 Å². The molecule has 0 spiro atoms. The maximum atomic E-state index is 12.6. The number of urea groups is 1. The van der Waals surface area contributed by atoms with Crippen molar-refractivity contribution < 1.29 is 14.7 Å². The number of aromatic nitrogens is 3. The van der Waals surface area contributed by atoms with Crippen LogP contribution in [-0.4, -0.2) is 49.3 Å². The minimum Gasteiger partial charge on any atom is -0.476 e. The molecule has 2 bridgehead atoms. The molecule has 0 saturated carbocycles. The highest BCUT2D eigenvalue weighted by Crippen LogP contribution is 2.33. The number of aromatic carboxylic acids is 1. The Kier molecular flexibility index (Phi) is 3.75. The number of rotatable bonds is 2. The summed E-state index contributed by atoms with van der Waals surface area (Å²) in [6, 6.07) is 4.81. The molecule has 0 radical (unpaired) electrons. The van der Waals surface area contributed by atoms with E-state index in [1.807, 2.05) is 6.07 Å². The van der Waals surface area contributed by atoms with Crippen LogP contribution in [0.4, 0.5) is 9.80 Å². The molecule has 1 saturated heterocycles. The molecule has 10 heteroatoms. The average molecular weight is 361 g/mol. The van der Waals surface area contributed by atoms with Crippen molar-refractivity contribution in [2.24, 2.45) is 5.92 Å². The van der Waals surface area contributed by atoms with Gasteiger partial charge in [0.25, 0.3) is 5.56 Å². The van der Waals surface area contributed by atoms with Crippen LogP contribution in [0, 0.1) is 5.92 Å². The van der Waals surface area contributed by atoms with Gasteiger partial charge in [-0.3, -0.25) is 10.1 Å². The molecule has 1 fully saturated rings. The van der Waals surface area contributed by atoms with Crippen molar-refractivity contribution in [2.45, 2.75) is 18.9 Å². The summed E-state index contributed by atoms with van der Waals surface area (Å²) in [6.07, 6.45) is 1.61. The fourth-order valence-corrected chi connectivity index (χ4v) is 4.24. The lowest BCUT2D eigenvalue weighted by molar-refractivity contribution is 0.0691. The predicted molar refractivity (Wildman–Crippen MR) is 89.0 cm³/mol. The van der Waals surface area contributed by atoms with Crippen molar-refractivity contribution in [1.29, 1.82) is 0 Å². The summed E-state index contributed by atoms with van der Waals surface area (Å²) in [7, 11) is 0. The molecule has 4 rings (SSSR count). The second kappa shape index (κ2) is 5.96. The molecule has 2 aromatic heterocycles. The maximum Gasteiger partial charge on any atom is 0.359 e. The number of likely N-dealkylation sites (tertiary alicyclic amines) is 1. The van der Waals surface area contributed by atoms with Crippen LogP contribution in [-0.2, 0) is 6.42 Å². The summed E-state index contributed by atoms with van der Waals surface area (Å²) in [5, 5.41) is 15.3. The molecule has 2 aliphatic heterocycles. The Morgan fingerprint density at radius 2 is 2.16 bits per heavy atom. The number of pyridine rings is 1. The Hall–Kier alpha value is -2.75. The third kappa shape index (κ3) is 2.78. The molecule has 0 aromatic carbocycles. The van der Waals surface area contributed by atoms with Crippen molar-refractivity contribution in [3.05, 3.63) is 39.9 Å². The van der Waals surface area contributed by atoms with Crippen LogP contribution in [0.2, 0.25) is 0 Å². The molecule has 25 heavy (non-hydrogen) atoms. The van der Waals surface area contributed by atoms with Gasteiger partial charge in [-0.15, -0.1) is 5.10 Å². The summed E-state index contributed by atoms with van der Waals surface area (Å²) >= 11 is 0.827. The van der Waals surface area contributed by atoms with Crippen LogP contribution in [0.1, 0.15) is 28.6 Å². The fourth-order valence-electron chi connectivity index (χ4n) is 3.68. The number of hydrogen-bond acceptors (Lipinski definition) is 6. The van der Waals surface area contributed by atoms with Gasteiger partial charge in [0, 0.05) is 36.4 Å². The third-order valence-electron chi connectivity index (χ3n) is 4.65.